The van der Waals surface area contributed by atoms with Gasteiger partial charge in [0, 0.05) is 27.7 Å². The highest BCUT2D eigenvalue weighted by Gasteiger charge is 2.56. The van der Waals surface area contributed by atoms with Gasteiger partial charge in [0.05, 0.1) is 11.1 Å². The van der Waals surface area contributed by atoms with E-state index in [4.69, 9.17) is 4.42 Å². The monoisotopic (exact) mass is 673 g/mol. The molecule has 10 aromatic rings. The van der Waals surface area contributed by atoms with Crippen LogP contribution in [0.15, 0.2) is 192 Å². The first-order valence-corrected chi connectivity index (χ1v) is 18.3. The van der Waals surface area contributed by atoms with Crippen LogP contribution in [0.2, 0.25) is 0 Å². The van der Waals surface area contributed by atoms with E-state index in [2.05, 4.69) is 181 Å². The fraction of sp³-hybridized carbons (Fsp3) is 0.0196. The van der Waals surface area contributed by atoms with Gasteiger partial charge in [0.25, 0.3) is 0 Å². The summed E-state index contributed by atoms with van der Waals surface area (Å²) in [4.78, 5) is 2.47. The number of rotatable bonds is 5. The zero-order valence-electron chi connectivity index (χ0n) is 28.8. The van der Waals surface area contributed by atoms with Gasteiger partial charge < -0.3 is 9.32 Å². The summed E-state index contributed by atoms with van der Waals surface area (Å²) in [6, 6.07) is 68.6. The number of para-hydroxylation sites is 1. The summed E-state index contributed by atoms with van der Waals surface area (Å²) in [7, 11) is 0. The summed E-state index contributed by atoms with van der Waals surface area (Å²) in [5.41, 5.74) is 15.4. The first-order chi connectivity index (χ1) is 26.3. The van der Waals surface area contributed by atoms with Crippen LogP contribution in [0.25, 0.3) is 65.7 Å². The van der Waals surface area contributed by atoms with Crippen molar-refractivity contribution in [1.29, 1.82) is 0 Å². The Bertz CT molecular complexity index is 3060. The number of hydrogen-bond donors (Lipinski definition) is 0. The fourth-order valence-corrected chi connectivity index (χ4v) is 9.59. The van der Waals surface area contributed by atoms with Crippen LogP contribution in [0.5, 0.6) is 0 Å². The second-order valence-electron chi connectivity index (χ2n) is 14.4. The van der Waals surface area contributed by atoms with Crippen LogP contribution in [-0.2, 0) is 5.41 Å². The second kappa shape index (κ2) is 10.6. The number of hydrogen-bond acceptors (Lipinski definition) is 2. The van der Waals surface area contributed by atoms with E-state index in [0.29, 0.717) is 0 Å². The molecule has 1 spiro atoms. The van der Waals surface area contributed by atoms with Crippen molar-refractivity contribution >= 4 is 60.5 Å². The number of nitrogens with zero attached hydrogens (tertiary/aromatic N) is 1. The van der Waals surface area contributed by atoms with Crippen LogP contribution in [0.4, 0.5) is 17.1 Å². The predicted octanol–water partition coefficient (Wildman–Crippen LogP) is 13.7. The third-order valence-corrected chi connectivity index (χ3v) is 11.8. The van der Waals surface area contributed by atoms with Crippen molar-refractivity contribution in [3.8, 4) is 22.3 Å². The molecule has 2 heteroatoms. The van der Waals surface area contributed by atoms with E-state index in [-0.39, 0.29) is 5.41 Å². The molecule has 0 saturated heterocycles. The molecule has 0 atom stereocenters. The SMILES string of the molecule is c1ccc(-c2ccc(N(c3ccc(-c4cccc5oc6ccccc6c45)cc3)c3ccc4cccc5c4c3C53c4cccc5cccc3c45)cc2)cc1. The van der Waals surface area contributed by atoms with Crippen molar-refractivity contribution in [2.24, 2.45) is 0 Å². The highest BCUT2D eigenvalue weighted by atomic mass is 16.3. The Kier molecular flexibility index (Phi) is 5.73. The van der Waals surface area contributed by atoms with Crippen LogP contribution in [-0.4, -0.2) is 0 Å². The Labute approximate surface area is 306 Å². The van der Waals surface area contributed by atoms with E-state index in [1.165, 1.54) is 66.2 Å². The fourth-order valence-electron chi connectivity index (χ4n) is 9.59. The van der Waals surface area contributed by atoms with Gasteiger partial charge in [-0.2, -0.15) is 0 Å². The molecule has 53 heavy (non-hydrogen) atoms. The topological polar surface area (TPSA) is 16.4 Å². The first kappa shape index (κ1) is 28.8. The molecule has 2 nitrogen and oxygen atoms in total. The number of anilines is 3. The lowest BCUT2D eigenvalue weighted by Crippen LogP contribution is -2.44. The normalized spacial score (nSPS) is 13.4. The zero-order chi connectivity index (χ0) is 34.7. The summed E-state index contributed by atoms with van der Waals surface area (Å²) >= 11 is 0. The van der Waals surface area contributed by atoms with E-state index in [9.17, 15) is 0 Å². The predicted molar refractivity (Wildman–Crippen MR) is 220 cm³/mol. The van der Waals surface area contributed by atoms with Crippen molar-refractivity contribution in [2.45, 2.75) is 5.41 Å². The Balaban J connectivity index is 1.07. The molecule has 1 aromatic heterocycles. The Morgan fingerprint density at radius 2 is 0.943 bits per heavy atom. The van der Waals surface area contributed by atoms with Crippen molar-refractivity contribution in [3.05, 3.63) is 210 Å². The Morgan fingerprint density at radius 3 is 1.66 bits per heavy atom. The molecule has 2 aliphatic rings. The van der Waals surface area contributed by atoms with Crippen LogP contribution in [0.3, 0.4) is 0 Å². The van der Waals surface area contributed by atoms with Crippen molar-refractivity contribution in [2.75, 3.05) is 4.90 Å². The molecular weight excluding hydrogens is 643 g/mol. The summed E-state index contributed by atoms with van der Waals surface area (Å²) in [5, 5.41) is 7.67. The van der Waals surface area contributed by atoms with Crippen LogP contribution in [0.1, 0.15) is 22.3 Å². The van der Waals surface area contributed by atoms with Crippen LogP contribution in [0, 0.1) is 0 Å². The van der Waals surface area contributed by atoms with Crippen molar-refractivity contribution < 1.29 is 4.42 Å². The average Bonchev–Trinajstić information content (AvgIpc) is 3.60. The van der Waals surface area contributed by atoms with Gasteiger partial charge in [0.1, 0.15) is 11.2 Å². The molecule has 0 saturated carbocycles. The molecule has 0 radical (unpaired) electrons. The molecule has 0 aliphatic heterocycles. The largest absolute Gasteiger partial charge is 0.456 e. The second-order valence-corrected chi connectivity index (χ2v) is 14.4. The van der Waals surface area contributed by atoms with E-state index in [1.807, 2.05) is 12.1 Å². The third kappa shape index (κ3) is 3.77. The highest BCUT2D eigenvalue weighted by Crippen LogP contribution is 2.67. The minimum atomic E-state index is -0.262. The maximum Gasteiger partial charge on any atom is 0.136 e. The first-order valence-electron chi connectivity index (χ1n) is 18.3. The molecule has 0 unspecified atom stereocenters. The standard InChI is InChI=1S/C51H31NO/c1-2-10-32(11-3-1)33-22-27-37(28-23-33)52(38-29-24-34(25-30-38)39-16-9-21-46-49(39)40-15-4-5-20-45(40)53-46)44-31-26-36-14-8-19-43-48(36)50(44)51(43)41-17-6-12-35-13-7-18-42(51)47(35)41/h1-31H. The van der Waals surface area contributed by atoms with Crippen LogP contribution >= 0.6 is 0 Å². The minimum absolute atomic E-state index is 0.262. The van der Waals surface area contributed by atoms with Gasteiger partial charge in [0.2, 0.25) is 0 Å². The van der Waals surface area contributed by atoms with Crippen molar-refractivity contribution in [3.63, 3.8) is 0 Å². The Hall–Kier alpha value is -6.90. The molecular formula is C51H31NO. The van der Waals surface area contributed by atoms with Crippen LogP contribution < -0.4 is 4.90 Å². The molecule has 246 valence electrons. The maximum atomic E-state index is 6.26. The summed E-state index contributed by atoms with van der Waals surface area (Å²) < 4.78 is 6.26. The van der Waals surface area contributed by atoms with Gasteiger partial charge in [-0.15, -0.1) is 0 Å². The van der Waals surface area contributed by atoms with Gasteiger partial charge in [-0.3, -0.25) is 0 Å². The lowest BCUT2D eigenvalue weighted by Gasteiger charge is -2.53. The minimum Gasteiger partial charge on any atom is -0.456 e. The zero-order valence-corrected chi connectivity index (χ0v) is 28.8. The molecule has 1 heterocycles. The van der Waals surface area contributed by atoms with Gasteiger partial charge in [0.15, 0.2) is 0 Å². The molecule has 0 fully saturated rings. The van der Waals surface area contributed by atoms with Crippen molar-refractivity contribution in [1.82, 2.24) is 0 Å². The molecule has 2 aliphatic carbocycles. The van der Waals surface area contributed by atoms with E-state index in [1.54, 1.807) is 0 Å². The molecule has 0 bridgehead atoms. The van der Waals surface area contributed by atoms with Gasteiger partial charge in [-0.1, -0.05) is 146 Å². The molecule has 0 N–H and O–H groups in total. The highest BCUT2D eigenvalue weighted by molar-refractivity contribution is 6.14. The number of fused-ring (bicyclic) bond motifs is 7. The van der Waals surface area contributed by atoms with E-state index in [0.717, 1.165) is 38.9 Å². The molecule has 12 rings (SSSR count). The maximum absolute atomic E-state index is 6.26. The number of furan rings is 1. The lowest BCUT2D eigenvalue weighted by molar-refractivity contribution is 0.669. The van der Waals surface area contributed by atoms with Gasteiger partial charge in [-0.05, 0) is 103 Å². The smallest absolute Gasteiger partial charge is 0.136 e. The van der Waals surface area contributed by atoms with Gasteiger partial charge in [-0.25, -0.2) is 0 Å². The van der Waals surface area contributed by atoms with E-state index >= 15 is 0 Å². The number of benzene rings is 9. The summed E-state index contributed by atoms with van der Waals surface area (Å²) in [5.74, 6) is 0. The quantitative estimate of drug-likeness (QED) is 0.181. The third-order valence-electron chi connectivity index (χ3n) is 11.8. The van der Waals surface area contributed by atoms with Gasteiger partial charge >= 0.3 is 0 Å². The lowest BCUT2D eigenvalue weighted by atomic mass is 9.49. The van der Waals surface area contributed by atoms with E-state index < -0.39 is 0 Å². The average molecular weight is 674 g/mol. The Morgan fingerprint density at radius 1 is 0.377 bits per heavy atom. The summed E-state index contributed by atoms with van der Waals surface area (Å²) in [6.45, 7) is 0. The molecule has 0 amide bonds. The summed E-state index contributed by atoms with van der Waals surface area (Å²) in [6.07, 6.45) is 0. The molecule has 9 aromatic carbocycles.